The molecule has 0 spiro atoms. The number of hydrogen-bond acceptors (Lipinski definition) is 3. The molecule has 0 aromatic heterocycles. The Bertz CT molecular complexity index is 243. The maximum atomic E-state index is 6.08. The van der Waals surface area contributed by atoms with Crippen LogP contribution in [-0.4, -0.2) is 48.8 Å². The second kappa shape index (κ2) is 4.87. The van der Waals surface area contributed by atoms with E-state index in [1.807, 2.05) is 0 Å². The first-order valence-corrected chi connectivity index (χ1v) is 7.00. The van der Waals surface area contributed by atoms with Gasteiger partial charge in [0.05, 0.1) is 11.2 Å². The van der Waals surface area contributed by atoms with Gasteiger partial charge in [0.1, 0.15) is 0 Å². The number of ether oxygens (including phenoxy) is 1. The molecule has 2 aliphatic rings. The Labute approximate surface area is 106 Å². The maximum absolute atomic E-state index is 6.08. The summed E-state index contributed by atoms with van der Waals surface area (Å²) in [6, 6.07) is 0. The highest BCUT2D eigenvalue weighted by molar-refractivity contribution is 4.89. The van der Waals surface area contributed by atoms with E-state index >= 15 is 0 Å². The van der Waals surface area contributed by atoms with Gasteiger partial charge in [0.25, 0.3) is 0 Å². The van der Waals surface area contributed by atoms with Gasteiger partial charge in [-0.25, -0.2) is 0 Å². The number of morpholine rings is 1. The monoisotopic (exact) mass is 240 g/mol. The van der Waals surface area contributed by atoms with E-state index < -0.39 is 0 Å². The summed E-state index contributed by atoms with van der Waals surface area (Å²) in [5.41, 5.74) is -0.0313. The van der Waals surface area contributed by atoms with Gasteiger partial charge >= 0.3 is 0 Å². The Morgan fingerprint density at radius 3 is 2.24 bits per heavy atom. The molecule has 0 aromatic carbocycles. The lowest BCUT2D eigenvalue weighted by molar-refractivity contribution is -0.180. The van der Waals surface area contributed by atoms with Crippen molar-refractivity contribution in [3.63, 3.8) is 0 Å². The summed E-state index contributed by atoms with van der Waals surface area (Å²) < 4.78 is 6.08. The highest BCUT2D eigenvalue weighted by Crippen LogP contribution is 2.28. The molecule has 0 aromatic rings. The molecule has 1 aliphatic heterocycles. The Hall–Kier alpha value is -0.120. The summed E-state index contributed by atoms with van der Waals surface area (Å²) in [5.74, 6) is 0.979. The van der Waals surface area contributed by atoms with Crippen LogP contribution in [0.2, 0.25) is 0 Å². The molecule has 1 aliphatic carbocycles. The minimum Gasteiger partial charge on any atom is -0.367 e. The molecule has 0 amide bonds. The maximum Gasteiger partial charge on any atom is 0.0760 e. The molecule has 0 radical (unpaired) electrons. The number of rotatable bonds is 5. The van der Waals surface area contributed by atoms with Gasteiger partial charge in [-0.05, 0) is 53.0 Å². The van der Waals surface area contributed by atoms with Crippen molar-refractivity contribution in [3.05, 3.63) is 0 Å². The summed E-state index contributed by atoms with van der Waals surface area (Å²) in [5, 5.41) is 3.57. The van der Waals surface area contributed by atoms with Crippen molar-refractivity contribution in [2.75, 3.05) is 32.7 Å². The molecule has 0 unspecified atom stereocenters. The zero-order valence-electron chi connectivity index (χ0n) is 11.9. The van der Waals surface area contributed by atoms with Gasteiger partial charge in [0.2, 0.25) is 0 Å². The van der Waals surface area contributed by atoms with E-state index in [1.165, 1.54) is 19.4 Å². The Morgan fingerprint density at radius 2 is 1.71 bits per heavy atom. The van der Waals surface area contributed by atoms with Crippen LogP contribution in [0.4, 0.5) is 0 Å². The fourth-order valence-corrected chi connectivity index (χ4v) is 2.97. The van der Waals surface area contributed by atoms with Gasteiger partial charge in [-0.15, -0.1) is 0 Å². The molecule has 3 nitrogen and oxygen atoms in total. The Morgan fingerprint density at radius 1 is 1.12 bits per heavy atom. The third-order valence-corrected chi connectivity index (χ3v) is 3.50. The van der Waals surface area contributed by atoms with Crippen molar-refractivity contribution in [1.82, 2.24) is 10.2 Å². The minimum absolute atomic E-state index is 0.0156. The topological polar surface area (TPSA) is 24.5 Å². The molecule has 0 atom stereocenters. The quantitative estimate of drug-likeness (QED) is 0.743. The molecule has 2 rings (SSSR count). The molecule has 17 heavy (non-hydrogen) atoms. The van der Waals surface area contributed by atoms with Crippen LogP contribution in [0.25, 0.3) is 0 Å². The van der Waals surface area contributed by atoms with Crippen LogP contribution < -0.4 is 5.32 Å². The first-order valence-electron chi connectivity index (χ1n) is 7.00. The van der Waals surface area contributed by atoms with E-state index in [2.05, 4.69) is 37.9 Å². The van der Waals surface area contributed by atoms with Crippen LogP contribution in [0.5, 0.6) is 0 Å². The predicted molar refractivity (Wildman–Crippen MR) is 71.3 cm³/mol. The first kappa shape index (κ1) is 13.3. The standard InChI is InChI=1S/C14H28N2O/c1-13(2)10-16(11-14(3,4)17-13)8-7-15-9-12-5-6-12/h12,15H,5-11H2,1-4H3. The first-order chi connectivity index (χ1) is 7.86. The van der Waals surface area contributed by atoms with Gasteiger partial charge in [-0.2, -0.15) is 0 Å². The largest absolute Gasteiger partial charge is 0.367 e. The normalized spacial score (nSPS) is 28.2. The van der Waals surface area contributed by atoms with E-state index in [0.717, 1.165) is 32.1 Å². The van der Waals surface area contributed by atoms with Gasteiger partial charge < -0.3 is 10.1 Å². The van der Waals surface area contributed by atoms with Crippen LogP contribution >= 0.6 is 0 Å². The molecule has 0 bridgehead atoms. The molecule has 100 valence electrons. The van der Waals surface area contributed by atoms with Gasteiger partial charge in [0.15, 0.2) is 0 Å². The van der Waals surface area contributed by atoms with E-state index in [-0.39, 0.29) is 11.2 Å². The average molecular weight is 240 g/mol. The van der Waals surface area contributed by atoms with Crippen LogP contribution in [0, 0.1) is 5.92 Å². The highest BCUT2D eigenvalue weighted by atomic mass is 16.5. The van der Waals surface area contributed by atoms with Crippen molar-refractivity contribution >= 4 is 0 Å². The average Bonchev–Trinajstić information content (AvgIpc) is 2.90. The van der Waals surface area contributed by atoms with E-state index in [0.29, 0.717) is 0 Å². The number of hydrogen-bond donors (Lipinski definition) is 1. The molecule has 1 saturated heterocycles. The van der Waals surface area contributed by atoms with Crippen molar-refractivity contribution in [3.8, 4) is 0 Å². The minimum atomic E-state index is -0.0156. The smallest absolute Gasteiger partial charge is 0.0760 e. The van der Waals surface area contributed by atoms with E-state index in [9.17, 15) is 0 Å². The zero-order valence-corrected chi connectivity index (χ0v) is 11.9. The predicted octanol–water partition coefficient (Wildman–Crippen LogP) is 1.88. The molecule has 1 saturated carbocycles. The summed E-state index contributed by atoms with van der Waals surface area (Å²) in [4.78, 5) is 2.53. The Balaban J connectivity index is 1.71. The van der Waals surface area contributed by atoms with Crippen LogP contribution in [0.15, 0.2) is 0 Å². The van der Waals surface area contributed by atoms with Crippen molar-refractivity contribution in [2.24, 2.45) is 5.92 Å². The third-order valence-electron chi connectivity index (χ3n) is 3.50. The van der Waals surface area contributed by atoms with Gasteiger partial charge in [-0.3, -0.25) is 4.90 Å². The van der Waals surface area contributed by atoms with Crippen LogP contribution in [-0.2, 0) is 4.74 Å². The molecule has 3 heteroatoms. The lowest BCUT2D eigenvalue weighted by atomic mass is 9.99. The molecule has 1 heterocycles. The Kier molecular flexibility index (Phi) is 3.81. The van der Waals surface area contributed by atoms with E-state index in [4.69, 9.17) is 4.74 Å². The van der Waals surface area contributed by atoms with Gasteiger partial charge in [0, 0.05) is 26.2 Å². The fourth-order valence-electron chi connectivity index (χ4n) is 2.97. The highest BCUT2D eigenvalue weighted by Gasteiger charge is 2.37. The lowest BCUT2D eigenvalue weighted by Gasteiger charge is -2.47. The lowest BCUT2D eigenvalue weighted by Crippen LogP contribution is -2.58. The van der Waals surface area contributed by atoms with E-state index in [1.54, 1.807) is 0 Å². The second-order valence-electron chi connectivity index (χ2n) is 6.98. The fraction of sp³-hybridized carbons (Fsp3) is 1.00. The molecular weight excluding hydrogens is 212 g/mol. The summed E-state index contributed by atoms with van der Waals surface area (Å²) in [7, 11) is 0. The SMILES string of the molecule is CC1(C)CN(CCNCC2CC2)CC(C)(C)O1. The van der Waals surface area contributed by atoms with Crippen LogP contribution in [0.1, 0.15) is 40.5 Å². The van der Waals surface area contributed by atoms with Crippen molar-refractivity contribution in [1.29, 1.82) is 0 Å². The molecule has 1 N–H and O–H groups in total. The summed E-state index contributed by atoms with van der Waals surface area (Å²) in [6.45, 7) is 14.3. The van der Waals surface area contributed by atoms with Crippen molar-refractivity contribution in [2.45, 2.75) is 51.7 Å². The summed E-state index contributed by atoms with van der Waals surface area (Å²) in [6.07, 6.45) is 2.87. The van der Waals surface area contributed by atoms with Gasteiger partial charge in [-0.1, -0.05) is 0 Å². The number of nitrogens with one attached hydrogen (secondary N) is 1. The summed E-state index contributed by atoms with van der Waals surface area (Å²) >= 11 is 0. The second-order valence-corrected chi connectivity index (χ2v) is 6.98. The molecule has 2 fully saturated rings. The van der Waals surface area contributed by atoms with Crippen molar-refractivity contribution < 1.29 is 4.74 Å². The van der Waals surface area contributed by atoms with Crippen LogP contribution in [0.3, 0.4) is 0 Å². The zero-order chi connectivity index (χ0) is 12.5. The third kappa shape index (κ3) is 4.57. The molecular formula is C14H28N2O. The number of nitrogens with zero attached hydrogens (tertiary/aromatic N) is 1.